The van der Waals surface area contributed by atoms with E-state index in [0.717, 1.165) is 10.2 Å². The van der Waals surface area contributed by atoms with Crippen LogP contribution in [0.2, 0.25) is 0 Å². The Hall–Kier alpha value is -1.01. The van der Waals surface area contributed by atoms with Crippen molar-refractivity contribution in [3.05, 3.63) is 22.6 Å². The van der Waals surface area contributed by atoms with E-state index in [1.54, 1.807) is 6.26 Å². The molecule has 0 aliphatic carbocycles. The molecule has 2 N–H and O–H groups in total. The molecule has 102 valence electrons. The molecule has 0 saturated carbocycles. The maximum absolute atomic E-state index is 11.3. The second kappa shape index (κ2) is 6.80. The highest BCUT2D eigenvalue weighted by Crippen LogP contribution is 2.16. The van der Waals surface area contributed by atoms with Gasteiger partial charge in [-0.25, -0.2) is 4.79 Å². The van der Waals surface area contributed by atoms with E-state index < -0.39 is 11.7 Å². The zero-order valence-corrected chi connectivity index (χ0v) is 12.5. The summed E-state index contributed by atoms with van der Waals surface area (Å²) in [5.41, 5.74) is -0.462. The third-order valence-electron chi connectivity index (χ3n) is 1.95. The van der Waals surface area contributed by atoms with Gasteiger partial charge in [0.1, 0.15) is 11.4 Å². The second-order valence-corrected chi connectivity index (χ2v) is 5.65. The van der Waals surface area contributed by atoms with Crippen molar-refractivity contribution in [1.82, 2.24) is 10.6 Å². The quantitative estimate of drug-likeness (QED) is 0.819. The number of hydrogen-bond donors (Lipinski definition) is 2. The van der Waals surface area contributed by atoms with E-state index in [-0.39, 0.29) is 0 Å². The molecule has 1 amide bonds. The molecular formula is C12H19BrN2O3. The number of alkyl carbamates (subject to hydrolysis) is 1. The topological polar surface area (TPSA) is 63.5 Å². The van der Waals surface area contributed by atoms with Crippen molar-refractivity contribution in [2.45, 2.75) is 32.9 Å². The van der Waals surface area contributed by atoms with Crippen LogP contribution in [-0.2, 0) is 11.3 Å². The van der Waals surface area contributed by atoms with E-state index in [1.165, 1.54) is 0 Å². The van der Waals surface area contributed by atoms with Gasteiger partial charge < -0.3 is 19.8 Å². The Bertz CT molecular complexity index is 385. The fraction of sp³-hybridized carbons (Fsp3) is 0.583. The second-order valence-electron chi connectivity index (χ2n) is 4.80. The highest BCUT2D eigenvalue weighted by molar-refractivity contribution is 9.10. The molecule has 0 bridgehead atoms. The van der Waals surface area contributed by atoms with E-state index in [9.17, 15) is 4.79 Å². The van der Waals surface area contributed by atoms with E-state index >= 15 is 0 Å². The van der Waals surface area contributed by atoms with E-state index in [0.29, 0.717) is 19.6 Å². The zero-order chi connectivity index (χ0) is 13.6. The van der Waals surface area contributed by atoms with Crippen molar-refractivity contribution in [3.8, 4) is 0 Å². The third kappa shape index (κ3) is 6.07. The lowest BCUT2D eigenvalue weighted by molar-refractivity contribution is 0.0528. The lowest BCUT2D eigenvalue weighted by Gasteiger charge is -2.19. The highest BCUT2D eigenvalue weighted by atomic mass is 79.9. The highest BCUT2D eigenvalue weighted by Gasteiger charge is 2.15. The molecule has 1 aromatic heterocycles. The van der Waals surface area contributed by atoms with Crippen molar-refractivity contribution >= 4 is 22.0 Å². The number of rotatable bonds is 5. The molecular weight excluding hydrogens is 300 g/mol. The van der Waals surface area contributed by atoms with Gasteiger partial charge in [0.15, 0.2) is 0 Å². The van der Waals surface area contributed by atoms with Crippen LogP contribution in [0.25, 0.3) is 0 Å². The number of ether oxygens (including phenoxy) is 1. The third-order valence-corrected chi connectivity index (χ3v) is 2.65. The van der Waals surface area contributed by atoms with Gasteiger partial charge in [0.2, 0.25) is 0 Å². The van der Waals surface area contributed by atoms with Crippen LogP contribution < -0.4 is 10.6 Å². The van der Waals surface area contributed by atoms with Crippen LogP contribution >= 0.6 is 15.9 Å². The molecule has 0 atom stereocenters. The summed E-state index contributed by atoms with van der Waals surface area (Å²) in [6.45, 7) is 7.26. The molecule has 1 aromatic rings. The molecule has 0 fully saturated rings. The summed E-state index contributed by atoms with van der Waals surface area (Å²) in [7, 11) is 0. The Kier molecular flexibility index (Phi) is 5.68. The number of hydrogen-bond acceptors (Lipinski definition) is 4. The molecule has 0 radical (unpaired) electrons. The number of halogens is 1. The summed E-state index contributed by atoms with van der Waals surface area (Å²) in [5, 5.41) is 5.82. The molecule has 0 aromatic carbocycles. The number of nitrogens with one attached hydrogen (secondary N) is 2. The summed E-state index contributed by atoms with van der Waals surface area (Å²) in [4.78, 5) is 11.3. The molecule has 0 aliphatic rings. The molecule has 0 unspecified atom stereocenters. The van der Waals surface area contributed by atoms with Crippen molar-refractivity contribution in [2.24, 2.45) is 0 Å². The van der Waals surface area contributed by atoms with E-state index in [4.69, 9.17) is 9.15 Å². The maximum atomic E-state index is 11.3. The molecule has 0 spiro atoms. The van der Waals surface area contributed by atoms with Gasteiger partial charge in [0.25, 0.3) is 0 Å². The van der Waals surface area contributed by atoms with E-state index in [2.05, 4.69) is 26.6 Å². The molecule has 5 nitrogen and oxygen atoms in total. The predicted octanol–water partition coefficient (Wildman–Crippen LogP) is 2.66. The summed E-state index contributed by atoms with van der Waals surface area (Å²) in [6, 6.07) is 1.84. The minimum atomic E-state index is -0.462. The minimum absolute atomic E-state index is 0.400. The lowest BCUT2D eigenvalue weighted by Crippen LogP contribution is -2.36. The zero-order valence-electron chi connectivity index (χ0n) is 10.9. The van der Waals surface area contributed by atoms with Crippen molar-refractivity contribution in [1.29, 1.82) is 0 Å². The maximum Gasteiger partial charge on any atom is 0.407 e. The van der Waals surface area contributed by atoms with Crippen molar-refractivity contribution in [3.63, 3.8) is 0 Å². The van der Waals surface area contributed by atoms with Crippen LogP contribution in [0.5, 0.6) is 0 Å². The Balaban J connectivity index is 2.09. The predicted molar refractivity (Wildman–Crippen MR) is 72.4 cm³/mol. The van der Waals surface area contributed by atoms with Crippen LogP contribution in [-0.4, -0.2) is 24.8 Å². The average molecular weight is 319 g/mol. The normalized spacial score (nSPS) is 11.3. The first-order chi connectivity index (χ1) is 8.38. The first-order valence-corrected chi connectivity index (χ1v) is 6.57. The van der Waals surface area contributed by atoms with Crippen LogP contribution in [0.4, 0.5) is 4.79 Å². The minimum Gasteiger partial charge on any atom is -0.467 e. The molecule has 1 heterocycles. The van der Waals surface area contributed by atoms with Gasteiger partial charge in [-0.3, -0.25) is 0 Å². The summed E-state index contributed by atoms with van der Waals surface area (Å²) >= 11 is 3.37. The van der Waals surface area contributed by atoms with Gasteiger partial charge in [-0.2, -0.15) is 0 Å². The molecule has 18 heavy (non-hydrogen) atoms. The largest absolute Gasteiger partial charge is 0.467 e. The number of carbonyl (C=O) groups is 1. The van der Waals surface area contributed by atoms with Gasteiger partial charge in [-0.05, 0) is 42.8 Å². The molecule has 0 saturated heterocycles. The van der Waals surface area contributed by atoms with Gasteiger partial charge in [-0.15, -0.1) is 0 Å². The first kappa shape index (κ1) is 15.0. The number of furan rings is 1. The molecule has 0 aliphatic heterocycles. The smallest absolute Gasteiger partial charge is 0.407 e. The SMILES string of the molecule is CC(C)(C)OC(=O)NCCNCc1occc1Br. The molecule has 1 rings (SSSR count). The summed E-state index contributed by atoms with van der Waals surface area (Å²) in [6.07, 6.45) is 1.23. The van der Waals surface area contributed by atoms with Crippen molar-refractivity contribution in [2.75, 3.05) is 13.1 Å². The fourth-order valence-electron chi connectivity index (χ4n) is 1.22. The van der Waals surface area contributed by atoms with Crippen LogP contribution in [0.15, 0.2) is 21.2 Å². The molecule has 6 heteroatoms. The Morgan fingerprint density at radius 3 is 2.72 bits per heavy atom. The number of amides is 1. The Morgan fingerprint density at radius 1 is 1.44 bits per heavy atom. The number of carbonyl (C=O) groups excluding carboxylic acids is 1. The van der Waals surface area contributed by atoms with Crippen LogP contribution in [0.1, 0.15) is 26.5 Å². The standard InChI is InChI=1S/C12H19BrN2O3/c1-12(2,3)18-11(16)15-6-5-14-8-10-9(13)4-7-17-10/h4,7,14H,5-6,8H2,1-3H3,(H,15,16). The van der Waals surface area contributed by atoms with Gasteiger partial charge in [0.05, 0.1) is 17.3 Å². The van der Waals surface area contributed by atoms with Gasteiger partial charge in [0, 0.05) is 13.1 Å². The van der Waals surface area contributed by atoms with Crippen molar-refractivity contribution < 1.29 is 13.9 Å². The Labute approximate surface area is 115 Å². The van der Waals surface area contributed by atoms with Crippen LogP contribution in [0, 0.1) is 0 Å². The average Bonchev–Trinajstić information content (AvgIpc) is 2.61. The summed E-state index contributed by atoms with van der Waals surface area (Å²) < 4.78 is 11.3. The first-order valence-electron chi connectivity index (χ1n) is 5.78. The van der Waals surface area contributed by atoms with Gasteiger partial charge in [-0.1, -0.05) is 0 Å². The fourth-order valence-corrected chi connectivity index (χ4v) is 1.56. The van der Waals surface area contributed by atoms with E-state index in [1.807, 2.05) is 26.8 Å². The monoisotopic (exact) mass is 318 g/mol. The van der Waals surface area contributed by atoms with Gasteiger partial charge >= 0.3 is 6.09 Å². The van der Waals surface area contributed by atoms with Crippen LogP contribution in [0.3, 0.4) is 0 Å². The summed E-state index contributed by atoms with van der Waals surface area (Å²) in [5.74, 6) is 0.840. The lowest BCUT2D eigenvalue weighted by atomic mass is 10.2. The Morgan fingerprint density at radius 2 is 2.17 bits per heavy atom.